The van der Waals surface area contributed by atoms with Crippen LogP contribution in [0.1, 0.15) is 55.0 Å². The molecule has 0 aliphatic heterocycles. The third kappa shape index (κ3) is 2.01. The summed E-state index contributed by atoms with van der Waals surface area (Å²) in [4.78, 5) is 15.9. The molecule has 17 heavy (non-hydrogen) atoms. The van der Waals surface area contributed by atoms with Crippen LogP contribution in [0.3, 0.4) is 0 Å². The van der Waals surface area contributed by atoms with Crippen molar-refractivity contribution in [2.24, 2.45) is 0 Å². The average molecular weight is 237 g/mol. The molecule has 0 radical (unpaired) electrons. The Kier molecular flexibility index (Phi) is 3.36. The predicted octanol–water partition coefficient (Wildman–Crippen LogP) is 1.93. The molecule has 1 saturated carbocycles. The first-order valence-corrected chi connectivity index (χ1v) is 6.13. The van der Waals surface area contributed by atoms with E-state index in [0.29, 0.717) is 11.9 Å². The third-order valence-corrected chi connectivity index (χ3v) is 3.41. The summed E-state index contributed by atoms with van der Waals surface area (Å²) in [6.45, 7) is 2.02. The van der Waals surface area contributed by atoms with Gasteiger partial charge in [-0.15, -0.1) is 0 Å². The summed E-state index contributed by atoms with van der Waals surface area (Å²) in [6.07, 6.45) is 5.46. The van der Waals surface area contributed by atoms with Gasteiger partial charge in [-0.25, -0.2) is 9.78 Å². The van der Waals surface area contributed by atoms with E-state index in [9.17, 15) is 4.79 Å². The van der Waals surface area contributed by atoms with Crippen molar-refractivity contribution in [2.75, 3.05) is 12.8 Å². The monoisotopic (exact) mass is 237 g/mol. The molecule has 94 valence electrons. The number of imidazole rings is 1. The molecule has 5 nitrogen and oxygen atoms in total. The summed E-state index contributed by atoms with van der Waals surface area (Å²) in [7, 11) is 1.35. The zero-order valence-corrected chi connectivity index (χ0v) is 10.4. The SMILES string of the molecule is CCc1nc(C(=O)OC)c(N)n1C1CCCC1. The Hall–Kier alpha value is -1.52. The highest BCUT2D eigenvalue weighted by Crippen LogP contribution is 2.34. The smallest absolute Gasteiger partial charge is 0.360 e. The van der Waals surface area contributed by atoms with E-state index in [1.54, 1.807) is 0 Å². The number of aromatic nitrogens is 2. The standard InChI is InChI=1S/C12H19N3O2/c1-3-9-14-10(12(16)17-2)11(13)15(9)8-6-4-5-7-8/h8H,3-7,13H2,1-2H3. The van der Waals surface area contributed by atoms with Gasteiger partial charge in [0.25, 0.3) is 0 Å². The number of nitrogens with two attached hydrogens (primary N) is 1. The van der Waals surface area contributed by atoms with E-state index in [0.717, 1.165) is 25.1 Å². The maximum absolute atomic E-state index is 11.6. The molecule has 1 aromatic heterocycles. The van der Waals surface area contributed by atoms with Crippen molar-refractivity contribution in [3.63, 3.8) is 0 Å². The number of rotatable bonds is 3. The fourth-order valence-corrected chi connectivity index (χ4v) is 2.56. The van der Waals surface area contributed by atoms with Gasteiger partial charge in [-0.3, -0.25) is 0 Å². The molecule has 2 rings (SSSR count). The highest BCUT2D eigenvalue weighted by molar-refractivity contribution is 5.92. The van der Waals surface area contributed by atoms with Crippen LogP contribution in [0.5, 0.6) is 0 Å². The molecule has 1 fully saturated rings. The number of hydrogen-bond donors (Lipinski definition) is 1. The lowest BCUT2D eigenvalue weighted by Crippen LogP contribution is -2.13. The summed E-state index contributed by atoms with van der Waals surface area (Å²) < 4.78 is 6.72. The highest BCUT2D eigenvalue weighted by atomic mass is 16.5. The van der Waals surface area contributed by atoms with Crippen LogP contribution < -0.4 is 5.73 Å². The predicted molar refractivity (Wildman–Crippen MR) is 64.9 cm³/mol. The Labute approximate surface area is 101 Å². The molecule has 0 saturated heterocycles. The minimum atomic E-state index is -0.450. The number of hydrogen-bond acceptors (Lipinski definition) is 4. The number of aryl methyl sites for hydroxylation is 1. The maximum Gasteiger partial charge on any atom is 0.360 e. The zero-order chi connectivity index (χ0) is 12.4. The Balaban J connectivity index is 2.42. The molecule has 2 N–H and O–H groups in total. The van der Waals surface area contributed by atoms with Gasteiger partial charge in [0.1, 0.15) is 11.6 Å². The maximum atomic E-state index is 11.6. The van der Waals surface area contributed by atoms with Gasteiger partial charge in [-0.05, 0) is 12.8 Å². The van der Waals surface area contributed by atoms with Gasteiger partial charge in [-0.1, -0.05) is 19.8 Å². The molecule has 1 aliphatic carbocycles. The molecule has 0 spiro atoms. The van der Waals surface area contributed by atoms with Crippen molar-refractivity contribution < 1.29 is 9.53 Å². The first-order valence-electron chi connectivity index (χ1n) is 6.13. The van der Waals surface area contributed by atoms with Gasteiger partial charge in [0, 0.05) is 12.5 Å². The zero-order valence-electron chi connectivity index (χ0n) is 10.4. The second-order valence-corrected chi connectivity index (χ2v) is 4.42. The fraction of sp³-hybridized carbons (Fsp3) is 0.667. The van der Waals surface area contributed by atoms with Crippen molar-refractivity contribution in [3.05, 3.63) is 11.5 Å². The Morgan fingerprint density at radius 2 is 2.18 bits per heavy atom. The van der Waals surface area contributed by atoms with Crippen LogP contribution in [-0.4, -0.2) is 22.6 Å². The van der Waals surface area contributed by atoms with E-state index < -0.39 is 5.97 Å². The molecule has 1 aromatic rings. The van der Waals surface area contributed by atoms with Crippen LogP contribution in [0.25, 0.3) is 0 Å². The normalized spacial score (nSPS) is 16.4. The molecule has 1 aliphatic rings. The van der Waals surface area contributed by atoms with Crippen molar-refractivity contribution in [3.8, 4) is 0 Å². The van der Waals surface area contributed by atoms with Crippen molar-refractivity contribution in [1.29, 1.82) is 0 Å². The number of carbonyl (C=O) groups is 1. The Morgan fingerprint density at radius 1 is 1.53 bits per heavy atom. The number of esters is 1. The minimum Gasteiger partial charge on any atom is -0.464 e. The van der Waals surface area contributed by atoms with Crippen molar-refractivity contribution >= 4 is 11.8 Å². The number of anilines is 1. The molecule has 0 aromatic carbocycles. The van der Waals surface area contributed by atoms with Gasteiger partial charge in [0.2, 0.25) is 0 Å². The van der Waals surface area contributed by atoms with Gasteiger partial charge in [0.05, 0.1) is 7.11 Å². The third-order valence-electron chi connectivity index (χ3n) is 3.41. The van der Waals surface area contributed by atoms with Gasteiger partial charge in [0.15, 0.2) is 5.69 Å². The van der Waals surface area contributed by atoms with Crippen LogP contribution in [0.2, 0.25) is 0 Å². The Morgan fingerprint density at radius 3 is 2.71 bits per heavy atom. The lowest BCUT2D eigenvalue weighted by atomic mass is 10.2. The lowest BCUT2D eigenvalue weighted by molar-refractivity contribution is 0.0595. The summed E-state index contributed by atoms with van der Waals surface area (Å²) in [5.41, 5.74) is 6.30. The van der Waals surface area contributed by atoms with Crippen LogP contribution in [0.4, 0.5) is 5.82 Å². The van der Waals surface area contributed by atoms with E-state index >= 15 is 0 Å². The molecule has 0 amide bonds. The second kappa shape index (κ2) is 4.77. The van der Waals surface area contributed by atoms with Crippen LogP contribution >= 0.6 is 0 Å². The quantitative estimate of drug-likeness (QED) is 0.815. The number of methoxy groups -OCH3 is 1. The largest absolute Gasteiger partial charge is 0.464 e. The first-order chi connectivity index (χ1) is 8.19. The molecule has 5 heteroatoms. The van der Waals surface area contributed by atoms with Crippen LogP contribution in [0, 0.1) is 0 Å². The second-order valence-electron chi connectivity index (χ2n) is 4.42. The average Bonchev–Trinajstić information content (AvgIpc) is 2.95. The van der Waals surface area contributed by atoms with E-state index in [1.807, 2.05) is 11.5 Å². The van der Waals surface area contributed by atoms with Crippen LogP contribution in [-0.2, 0) is 11.2 Å². The summed E-state index contributed by atoms with van der Waals surface area (Å²) in [5.74, 6) is 0.893. The minimum absolute atomic E-state index is 0.260. The summed E-state index contributed by atoms with van der Waals surface area (Å²) in [5, 5.41) is 0. The van der Waals surface area contributed by atoms with E-state index in [1.165, 1.54) is 20.0 Å². The van der Waals surface area contributed by atoms with Gasteiger partial charge in [-0.2, -0.15) is 0 Å². The van der Waals surface area contributed by atoms with Crippen molar-refractivity contribution in [1.82, 2.24) is 9.55 Å². The molecule has 0 atom stereocenters. The topological polar surface area (TPSA) is 70.1 Å². The molecule has 1 heterocycles. The van der Waals surface area contributed by atoms with Gasteiger partial charge < -0.3 is 15.0 Å². The fourth-order valence-electron chi connectivity index (χ4n) is 2.56. The number of nitrogen functional groups attached to an aromatic ring is 1. The van der Waals surface area contributed by atoms with E-state index in [2.05, 4.69) is 4.98 Å². The molecular weight excluding hydrogens is 218 g/mol. The van der Waals surface area contributed by atoms with E-state index in [4.69, 9.17) is 10.5 Å². The Bertz CT molecular complexity index is 420. The van der Waals surface area contributed by atoms with Gasteiger partial charge >= 0.3 is 5.97 Å². The number of nitrogens with zero attached hydrogens (tertiary/aromatic N) is 2. The molecular formula is C12H19N3O2. The van der Waals surface area contributed by atoms with E-state index in [-0.39, 0.29) is 5.69 Å². The summed E-state index contributed by atoms with van der Waals surface area (Å²) in [6, 6.07) is 0.399. The number of ether oxygens (including phenoxy) is 1. The number of carbonyl (C=O) groups excluding carboxylic acids is 1. The first kappa shape index (κ1) is 12.0. The summed E-state index contributed by atoms with van der Waals surface area (Å²) >= 11 is 0. The van der Waals surface area contributed by atoms with Crippen molar-refractivity contribution in [2.45, 2.75) is 45.1 Å². The molecule has 0 bridgehead atoms. The highest BCUT2D eigenvalue weighted by Gasteiger charge is 2.26. The van der Waals surface area contributed by atoms with Crippen LogP contribution in [0.15, 0.2) is 0 Å². The molecule has 0 unspecified atom stereocenters. The lowest BCUT2D eigenvalue weighted by Gasteiger charge is -2.16.